The Balaban J connectivity index is 2.25. The molecule has 1 aromatic heterocycles. The first-order valence-electron chi connectivity index (χ1n) is 5.17. The van der Waals surface area contributed by atoms with Gasteiger partial charge < -0.3 is 9.84 Å². The van der Waals surface area contributed by atoms with E-state index in [1.165, 1.54) is 30.5 Å². The van der Waals surface area contributed by atoms with Gasteiger partial charge in [-0.3, -0.25) is 0 Å². The molecular formula is C13H7ClN2O3. The van der Waals surface area contributed by atoms with Gasteiger partial charge >= 0.3 is 5.97 Å². The number of pyridine rings is 1. The average Bonchev–Trinajstić information content (AvgIpc) is 2.41. The lowest BCUT2D eigenvalue weighted by Gasteiger charge is -2.06. The zero-order valence-corrected chi connectivity index (χ0v) is 10.3. The van der Waals surface area contributed by atoms with Crippen molar-refractivity contribution in [2.45, 2.75) is 0 Å². The van der Waals surface area contributed by atoms with E-state index in [-0.39, 0.29) is 16.5 Å². The third-order valence-corrected chi connectivity index (χ3v) is 2.59. The average molecular weight is 275 g/mol. The fraction of sp³-hybridized carbons (Fsp3) is 0. The molecule has 0 fully saturated rings. The minimum absolute atomic E-state index is 0.0483. The lowest BCUT2D eigenvalue weighted by atomic mass is 10.2. The van der Waals surface area contributed by atoms with Gasteiger partial charge in [0.15, 0.2) is 0 Å². The fourth-order valence-electron chi connectivity index (χ4n) is 1.36. The molecule has 19 heavy (non-hydrogen) atoms. The smallest absolute Gasteiger partial charge is 0.337 e. The number of hydrogen-bond donors (Lipinski definition) is 1. The first-order valence-corrected chi connectivity index (χ1v) is 5.55. The maximum absolute atomic E-state index is 10.9. The molecular weight excluding hydrogens is 268 g/mol. The van der Waals surface area contributed by atoms with Crippen LogP contribution < -0.4 is 4.74 Å². The highest BCUT2D eigenvalue weighted by Gasteiger charge is 2.10. The first kappa shape index (κ1) is 12.9. The van der Waals surface area contributed by atoms with Crippen molar-refractivity contribution in [2.24, 2.45) is 0 Å². The highest BCUT2D eigenvalue weighted by Crippen LogP contribution is 2.25. The molecule has 0 atom stereocenters. The monoisotopic (exact) mass is 274 g/mol. The van der Waals surface area contributed by atoms with Crippen LogP contribution in [0.1, 0.15) is 15.9 Å². The highest BCUT2D eigenvalue weighted by molar-refractivity contribution is 6.33. The third kappa shape index (κ3) is 3.00. The molecule has 2 rings (SSSR count). The maximum Gasteiger partial charge on any atom is 0.337 e. The maximum atomic E-state index is 10.9. The van der Waals surface area contributed by atoms with Gasteiger partial charge in [-0.2, -0.15) is 5.26 Å². The van der Waals surface area contributed by atoms with Gasteiger partial charge in [-0.05, 0) is 24.3 Å². The van der Waals surface area contributed by atoms with E-state index in [2.05, 4.69) is 4.98 Å². The minimum Gasteiger partial charge on any atom is -0.478 e. The van der Waals surface area contributed by atoms with E-state index in [9.17, 15) is 4.79 Å². The number of carboxylic acid groups (broad SMARTS) is 1. The normalized spacial score (nSPS) is 9.68. The zero-order chi connectivity index (χ0) is 13.8. The molecule has 0 amide bonds. The van der Waals surface area contributed by atoms with Gasteiger partial charge in [-0.25, -0.2) is 9.78 Å². The molecule has 1 N–H and O–H groups in total. The molecule has 0 aliphatic heterocycles. The number of rotatable bonds is 3. The quantitative estimate of drug-likeness (QED) is 0.930. The molecule has 6 heteroatoms. The third-order valence-electron chi connectivity index (χ3n) is 2.26. The number of nitriles is 1. The summed E-state index contributed by atoms with van der Waals surface area (Å²) in [5, 5.41) is 17.7. The molecule has 94 valence electrons. The molecule has 1 aromatic carbocycles. The molecule has 0 radical (unpaired) electrons. The number of carbonyl (C=O) groups is 1. The summed E-state index contributed by atoms with van der Waals surface area (Å²) in [5.74, 6) is -0.570. The topological polar surface area (TPSA) is 83.2 Å². The van der Waals surface area contributed by atoms with E-state index >= 15 is 0 Å². The van der Waals surface area contributed by atoms with Crippen molar-refractivity contribution in [3.05, 3.63) is 52.7 Å². The molecule has 0 spiro atoms. The lowest BCUT2D eigenvalue weighted by Crippen LogP contribution is -1.98. The number of ether oxygens (including phenoxy) is 1. The number of hydrogen-bond acceptors (Lipinski definition) is 4. The molecule has 2 aromatic rings. The fourth-order valence-corrected chi connectivity index (χ4v) is 1.56. The van der Waals surface area contributed by atoms with Crippen molar-refractivity contribution in [1.82, 2.24) is 4.98 Å². The number of nitrogens with zero attached hydrogens (tertiary/aromatic N) is 2. The second kappa shape index (κ2) is 5.38. The summed E-state index contributed by atoms with van der Waals surface area (Å²) in [4.78, 5) is 14.8. The predicted molar refractivity (Wildman–Crippen MR) is 67.4 cm³/mol. The van der Waals surface area contributed by atoms with Crippen molar-refractivity contribution < 1.29 is 14.6 Å². The van der Waals surface area contributed by atoms with E-state index in [4.69, 9.17) is 26.7 Å². The van der Waals surface area contributed by atoms with E-state index in [1.807, 2.05) is 6.07 Å². The standard InChI is InChI=1S/C13H7ClN2O3/c14-11-3-2-9(5-10(11)13(17)18)19-12-4-1-8(6-15)7-16-12/h1-5,7H,(H,17,18). The van der Waals surface area contributed by atoms with Gasteiger partial charge in [0.1, 0.15) is 11.8 Å². The van der Waals surface area contributed by atoms with E-state index in [0.717, 1.165) is 0 Å². The Morgan fingerprint density at radius 3 is 2.74 bits per heavy atom. The van der Waals surface area contributed by atoms with Crippen LogP contribution in [-0.2, 0) is 0 Å². The Morgan fingerprint density at radius 2 is 2.16 bits per heavy atom. The Morgan fingerprint density at radius 1 is 1.37 bits per heavy atom. The van der Waals surface area contributed by atoms with Crippen molar-refractivity contribution in [1.29, 1.82) is 5.26 Å². The van der Waals surface area contributed by atoms with Gasteiger partial charge in [0.25, 0.3) is 0 Å². The van der Waals surface area contributed by atoms with Gasteiger partial charge in [0.2, 0.25) is 5.88 Å². The zero-order valence-electron chi connectivity index (χ0n) is 9.50. The summed E-state index contributed by atoms with van der Waals surface area (Å²) in [6.07, 6.45) is 1.36. The lowest BCUT2D eigenvalue weighted by molar-refractivity contribution is 0.0696. The van der Waals surface area contributed by atoms with Gasteiger partial charge in [-0.1, -0.05) is 11.6 Å². The number of aromatic nitrogens is 1. The van der Waals surface area contributed by atoms with Gasteiger partial charge in [-0.15, -0.1) is 0 Å². The summed E-state index contributed by atoms with van der Waals surface area (Å²) in [6.45, 7) is 0. The largest absolute Gasteiger partial charge is 0.478 e. The number of carboxylic acids is 1. The minimum atomic E-state index is -1.14. The van der Waals surface area contributed by atoms with Crippen LogP contribution in [0.4, 0.5) is 0 Å². The van der Waals surface area contributed by atoms with Crippen molar-refractivity contribution in [3.8, 4) is 17.7 Å². The molecule has 1 heterocycles. The Labute approximate surface area is 113 Å². The molecule has 5 nitrogen and oxygen atoms in total. The SMILES string of the molecule is N#Cc1ccc(Oc2ccc(Cl)c(C(=O)O)c2)nc1. The number of aromatic carboxylic acids is 1. The van der Waals surface area contributed by atoms with Crippen LogP contribution in [0, 0.1) is 11.3 Å². The molecule has 0 saturated carbocycles. The summed E-state index contributed by atoms with van der Waals surface area (Å²) in [7, 11) is 0. The summed E-state index contributed by atoms with van der Waals surface area (Å²) >= 11 is 5.75. The second-order valence-corrected chi connectivity index (χ2v) is 3.95. The van der Waals surface area contributed by atoms with E-state index < -0.39 is 5.97 Å². The number of halogens is 1. The first-order chi connectivity index (χ1) is 9.10. The van der Waals surface area contributed by atoms with Crippen LogP contribution >= 0.6 is 11.6 Å². The van der Waals surface area contributed by atoms with Gasteiger partial charge in [0, 0.05) is 12.3 Å². The van der Waals surface area contributed by atoms with Crippen molar-refractivity contribution in [3.63, 3.8) is 0 Å². The van der Waals surface area contributed by atoms with Crippen LogP contribution in [-0.4, -0.2) is 16.1 Å². The summed E-state index contributed by atoms with van der Waals surface area (Å²) in [5.41, 5.74) is 0.363. The van der Waals surface area contributed by atoms with Crippen LogP contribution in [0.5, 0.6) is 11.6 Å². The van der Waals surface area contributed by atoms with E-state index in [0.29, 0.717) is 11.3 Å². The van der Waals surface area contributed by atoms with E-state index in [1.54, 1.807) is 6.07 Å². The van der Waals surface area contributed by atoms with Crippen LogP contribution in [0.25, 0.3) is 0 Å². The number of benzene rings is 1. The molecule has 0 saturated heterocycles. The Hall–Kier alpha value is -2.58. The highest BCUT2D eigenvalue weighted by atomic mass is 35.5. The van der Waals surface area contributed by atoms with Crippen LogP contribution in [0.15, 0.2) is 36.5 Å². The Bertz CT molecular complexity index is 663. The molecule has 0 aliphatic carbocycles. The van der Waals surface area contributed by atoms with Crippen molar-refractivity contribution in [2.75, 3.05) is 0 Å². The molecule has 0 aliphatic rings. The Kier molecular flexibility index (Phi) is 3.64. The van der Waals surface area contributed by atoms with Crippen LogP contribution in [0.3, 0.4) is 0 Å². The summed E-state index contributed by atoms with van der Waals surface area (Å²) < 4.78 is 5.38. The second-order valence-electron chi connectivity index (χ2n) is 3.55. The summed E-state index contributed by atoms with van der Waals surface area (Å²) in [6, 6.07) is 9.29. The van der Waals surface area contributed by atoms with Crippen molar-refractivity contribution >= 4 is 17.6 Å². The molecule has 0 unspecified atom stereocenters. The predicted octanol–water partition coefficient (Wildman–Crippen LogP) is 3.10. The van der Waals surface area contributed by atoms with Crippen LogP contribution in [0.2, 0.25) is 5.02 Å². The van der Waals surface area contributed by atoms with Gasteiger partial charge in [0.05, 0.1) is 16.1 Å². The molecule has 0 bridgehead atoms.